The van der Waals surface area contributed by atoms with Crippen molar-refractivity contribution in [3.63, 3.8) is 0 Å². The van der Waals surface area contributed by atoms with Gasteiger partial charge in [-0.15, -0.1) is 0 Å². The zero-order chi connectivity index (χ0) is 10.4. The maximum absolute atomic E-state index is 11.0. The molecule has 1 aromatic heterocycles. The Kier molecular flexibility index (Phi) is 4.12. The summed E-state index contributed by atoms with van der Waals surface area (Å²) in [6.45, 7) is 2.27. The maximum atomic E-state index is 11.0. The third-order valence-corrected chi connectivity index (χ3v) is 1.48. The Hall–Kier alpha value is -1.36. The third-order valence-electron chi connectivity index (χ3n) is 1.27. The molecular formula is C8H10ClN3O2. The van der Waals surface area contributed by atoms with Crippen LogP contribution in [0.15, 0.2) is 12.3 Å². The molecule has 0 radical (unpaired) electrons. The Morgan fingerprint density at radius 3 is 3.14 bits per heavy atom. The Morgan fingerprint density at radius 1 is 1.71 bits per heavy atom. The highest BCUT2D eigenvalue weighted by molar-refractivity contribution is 6.29. The number of ether oxygens (including phenoxy) is 1. The van der Waals surface area contributed by atoms with Gasteiger partial charge in [0.25, 0.3) is 0 Å². The van der Waals surface area contributed by atoms with Gasteiger partial charge in [0.2, 0.25) is 5.95 Å². The molecule has 0 aromatic carbocycles. The Labute approximate surface area is 86.5 Å². The SMILES string of the molecule is CCCOC(=O)Nc1nccc(Cl)n1. The summed E-state index contributed by atoms with van der Waals surface area (Å²) in [5, 5.41) is 2.62. The highest BCUT2D eigenvalue weighted by Crippen LogP contribution is 2.05. The van der Waals surface area contributed by atoms with E-state index in [-0.39, 0.29) is 11.1 Å². The average Bonchev–Trinajstić information content (AvgIpc) is 2.15. The number of carbonyl (C=O) groups is 1. The molecule has 0 saturated heterocycles. The smallest absolute Gasteiger partial charge is 0.414 e. The Balaban J connectivity index is 2.47. The fourth-order valence-electron chi connectivity index (χ4n) is 0.719. The van der Waals surface area contributed by atoms with Crippen molar-refractivity contribution >= 4 is 23.6 Å². The molecule has 5 nitrogen and oxygen atoms in total. The minimum absolute atomic E-state index is 0.138. The van der Waals surface area contributed by atoms with E-state index in [1.165, 1.54) is 12.3 Å². The number of hydrogen-bond donors (Lipinski definition) is 1. The van der Waals surface area contributed by atoms with Crippen molar-refractivity contribution in [2.24, 2.45) is 0 Å². The first kappa shape index (κ1) is 10.7. The van der Waals surface area contributed by atoms with Gasteiger partial charge in [0, 0.05) is 6.20 Å². The van der Waals surface area contributed by atoms with Crippen LogP contribution in [0.2, 0.25) is 5.15 Å². The second-order valence-electron chi connectivity index (χ2n) is 2.46. The van der Waals surface area contributed by atoms with Crippen LogP contribution in [0.4, 0.5) is 10.7 Å². The van der Waals surface area contributed by atoms with Crippen molar-refractivity contribution in [2.75, 3.05) is 11.9 Å². The van der Waals surface area contributed by atoms with E-state index >= 15 is 0 Å². The predicted octanol–water partition coefficient (Wildman–Crippen LogP) is 2.09. The fourth-order valence-corrected chi connectivity index (χ4v) is 0.855. The van der Waals surface area contributed by atoms with Crippen LogP contribution in [0.1, 0.15) is 13.3 Å². The molecule has 0 bridgehead atoms. The first-order chi connectivity index (χ1) is 6.72. The van der Waals surface area contributed by atoms with Crippen LogP contribution in [0.5, 0.6) is 0 Å². The van der Waals surface area contributed by atoms with E-state index in [0.29, 0.717) is 6.61 Å². The first-order valence-electron chi connectivity index (χ1n) is 4.14. The van der Waals surface area contributed by atoms with Crippen LogP contribution in [0, 0.1) is 0 Å². The zero-order valence-corrected chi connectivity index (χ0v) is 8.41. The predicted molar refractivity (Wildman–Crippen MR) is 52.3 cm³/mol. The molecule has 0 aliphatic heterocycles. The summed E-state index contributed by atoms with van der Waals surface area (Å²) in [6, 6.07) is 1.52. The lowest BCUT2D eigenvalue weighted by atomic mass is 10.5. The molecule has 0 aliphatic carbocycles. The molecule has 1 heterocycles. The average molecular weight is 216 g/mol. The van der Waals surface area contributed by atoms with Gasteiger partial charge in [-0.3, -0.25) is 5.32 Å². The van der Waals surface area contributed by atoms with Crippen LogP contribution in [-0.2, 0) is 4.74 Å². The van der Waals surface area contributed by atoms with Gasteiger partial charge < -0.3 is 4.74 Å². The van der Waals surface area contributed by atoms with Gasteiger partial charge in [-0.05, 0) is 12.5 Å². The van der Waals surface area contributed by atoms with Gasteiger partial charge in [-0.25, -0.2) is 14.8 Å². The van der Waals surface area contributed by atoms with Crippen LogP contribution in [-0.4, -0.2) is 22.7 Å². The van der Waals surface area contributed by atoms with Crippen molar-refractivity contribution in [1.29, 1.82) is 0 Å². The summed E-state index contributed by atoms with van der Waals surface area (Å²) in [5.41, 5.74) is 0. The lowest BCUT2D eigenvalue weighted by molar-refractivity contribution is 0.161. The van der Waals surface area contributed by atoms with Crippen molar-refractivity contribution in [3.05, 3.63) is 17.4 Å². The summed E-state index contributed by atoms with van der Waals surface area (Å²) >= 11 is 5.59. The zero-order valence-electron chi connectivity index (χ0n) is 7.66. The van der Waals surface area contributed by atoms with Crippen LogP contribution in [0.3, 0.4) is 0 Å². The number of nitrogens with zero attached hydrogens (tertiary/aromatic N) is 2. The van der Waals surface area contributed by atoms with E-state index in [1.807, 2.05) is 6.92 Å². The molecule has 0 unspecified atom stereocenters. The van der Waals surface area contributed by atoms with Crippen LogP contribution < -0.4 is 5.32 Å². The van der Waals surface area contributed by atoms with E-state index in [1.54, 1.807) is 0 Å². The van der Waals surface area contributed by atoms with Gasteiger partial charge in [0.1, 0.15) is 5.15 Å². The molecule has 76 valence electrons. The first-order valence-corrected chi connectivity index (χ1v) is 4.52. The largest absolute Gasteiger partial charge is 0.449 e. The number of rotatable bonds is 3. The van der Waals surface area contributed by atoms with Gasteiger partial charge in [-0.1, -0.05) is 18.5 Å². The molecule has 6 heteroatoms. The topological polar surface area (TPSA) is 64.1 Å². The van der Waals surface area contributed by atoms with Gasteiger partial charge in [-0.2, -0.15) is 0 Å². The van der Waals surface area contributed by atoms with Crippen molar-refractivity contribution in [1.82, 2.24) is 9.97 Å². The third kappa shape index (κ3) is 3.57. The fraction of sp³-hybridized carbons (Fsp3) is 0.375. The molecular weight excluding hydrogens is 206 g/mol. The number of halogens is 1. The summed E-state index contributed by atoms with van der Waals surface area (Å²) in [7, 11) is 0. The second kappa shape index (κ2) is 5.39. The highest BCUT2D eigenvalue weighted by Gasteiger charge is 2.04. The Morgan fingerprint density at radius 2 is 2.50 bits per heavy atom. The molecule has 1 N–H and O–H groups in total. The second-order valence-corrected chi connectivity index (χ2v) is 2.85. The molecule has 14 heavy (non-hydrogen) atoms. The highest BCUT2D eigenvalue weighted by atomic mass is 35.5. The Bertz CT molecular complexity index is 319. The molecule has 0 spiro atoms. The van der Waals surface area contributed by atoms with Gasteiger partial charge >= 0.3 is 6.09 Å². The minimum Gasteiger partial charge on any atom is -0.449 e. The standard InChI is InChI=1S/C8H10ClN3O2/c1-2-5-14-8(13)12-7-10-4-3-6(9)11-7/h3-4H,2,5H2,1H3,(H,10,11,12,13). The molecule has 0 saturated carbocycles. The van der Waals surface area contributed by atoms with Crippen molar-refractivity contribution in [2.45, 2.75) is 13.3 Å². The summed E-state index contributed by atoms with van der Waals surface area (Å²) in [4.78, 5) is 18.6. The van der Waals surface area contributed by atoms with E-state index in [9.17, 15) is 4.79 Å². The number of hydrogen-bond acceptors (Lipinski definition) is 4. The summed E-state index contributed by atoms with van der Waals surface area (Å²) in [6.07, 6.45) is 1.64. The molecule has 1 rings (SSSR count). The molecule has 1 amide bonds. The number of nitrogens with one attached hydrogen (secondary N) is 1. The molecule has 0 atom stereocenters. The summed E-state index contributed by atoms with van der Waals surface area (Å²) < 4.78 is 4.76. The normalized spacial score (nSPS) is 9.57. The van der Waals surface area contributed by atoms with Crippen molar-refractivity contribution < 1.29 is 9.53 Å². The van der Waals surface area contributed by atoms with E-state index < -0.39 is 6.09 Å². The van der Waals surface area contributed by atoms with Gasteiger partial charge in [0.05, 0.1) is 6.61 Å². The number of anilines is 1. The number of carbonyl (C=O) groups excluding carboxylic acids is 1. The summed E-state index contributed by atoms with van der Waals surface area (Å²) in [5.74, 6) is 0.138. The van der Waals surface area contributed by atoms with Gasteiger partial charge in [0.15, 0.2) is 0 Å². The van der Waals surface area contributed by atoms with Crippen LogP contribution in [0.25, 0.3) is 0 Å². The number of amides is 1. The maximum Gasteiger partial charge on any atom is 0.414 e. The van der Waals surface area contributed by atoms with E-state index in [2.05, 4.69) is 15.3 Å². The number of aromatic nitrogens is 2. The molecule has 0 aliphatic rings. The monoisotopic (exact) mass is 215 g/mol. The van der Waals surface area contributed by atoms with Crippen LogP contribution >= 0.6 is 11.6 Å². The lowest BCUT2D eigenvalue weighted by Gasteiger charge is -2.03. The van der Waals surface area contributed by atoms with E-state index in [4.69, 9.17) is 16.3 Å². The minimum atomic E-state index is -0.575. The molecule has 1 aromatic rings. The van der Waals surface area contributed by atoms with Crippen molar-refractivity contribution in [3.8, 4) is 0 Å². The molecule has 0 fully saturated rings. The van der Waals surface area contributed by atoms with E-state index in [0.717, 1.165) is 6.42 Å². The lowest BCUT2D eigenvalue weighted by Crippen LogP contribution is -2.15. The quantitative estimate of drug-likeness (QED) is 0.785.